The Bertz CT molecular complexity index is 659. The summed E-state index contributed by atoms with van der Waals surface area (Å²) >= 11 is 0. The van der Waals surface area contributed by atoms with Crippen LogP contribution in [-0.2, 0) is 4.79 Å². The molecule has 0 spiro atoms. The fourth-order valence-corrected chi connectivity index (χ4v) is 6.12. The van der Waals surface area contributed by atoms with Crippen molar-refractivity contribution in [3.05, 3.63) is 29.8 Å². The highest BCUT2D eigenvalue weighted by Crippen LogP contribution is 2.60. The molecule has 4 aliphatic carbocycles. The number of carbonyl (C=O) groups excluding carboxylic acids is 2. The number of likely N-dealkylation sites (N-methyl/N-ethyl adjacent to an activating group) is 1. The Hall–Kier alpha value is -1.84. The normalized spacial score (nSPS) is 31.7. The van der Waals surface area contributed by atoms with Crippen molar-refractivity contribution in [2.45, 2.75) is 45.4 Å². The largest absolute Gasteiger partial charge is 0.484 e. The number of nitrogens with zero attached hydrogens (tertiary/aromatic N) is 1. The molecule has 1 aromatic rings. The minimum atomic E-state index is 0.0305. The van der Waals surface area contributed by atoms with Crippen molar-refractivity contribution < 1.29 is 14.3 Å². The molecule has 0 saturated heterocycles. The van der Waals surface area contributed by atoms with Crippen LogP contribution < -0.4 is 4.74 Å². The summed E-state index contributed by atoms with van der Waals surface area (Å²) in [5.41, 5.74) is 1.02. The molecular weight excluding hydrogens is 326 g/mol. The molecule has 4 saturated carbocycles. The van der Waals surface area contributed by atoms with Crippen molar-refractivity contribution in [2.75, 3.05) is 20.2 Å². The highest BCUT2D eigenvalue weighted by atomic mass is 16.5. The standard InChI is InChI=1S/C22H29NO3/c1-15(24)19-3-5-20(6-4-19)26-13-21(25)23(2)14-22-10-16-7-17(11-22)9-18(8-16)12-22/h3-6,16-18H,7-14H2,1-2H3. The Balaban J connectivity index is 1.31. The number of ketones is 1. The second-order valence-corrected chi connectivity index (χ2v) is 9.04. The van der Waals surface area contributed by atoms with Crippen LogP contribution in [0.1, 0.15) is 55.8 Å². The van der Waals surface area contributed by atoms with Crippen LogP contribution in [0, 0.1) is 23.2 Å². The van der Waals surface area contributed by atoms with E-state index in [2.05, 4.69) is 0 Å². The lowest BCUT2D eigenvalue weighted by atomic mass is 9.49. The lowest BCUT2D eigenvalue weighted by Gasteiger charge is -2.57. The monoisotopic (exact) mass is 355 g/mol. The van der Waals surface area contributed by atoms with Crippen molar-refractivity contribution >= 4 is 11.7 Å². The molecule has 4 heteroatoms. The minimum absolute atomic E-state index is 0.0305. The first-order chi connectivity index (χ1) is 12.4. The Morgan fingerprint density at radius 2 is 1.58 bits per heavy atom. The molecule has 4 nitrogen and oxygen atoms in total. The van der Waals surface area contributed by atoms with Gasteiger partial charge in [-0.2, -0.15) is 0 Å². The van der Waals surface area contributed by atoms with E-state index in [1.807, 2.05) is 11.9 Å². The summed E-state index contributed by atoms with van der Waals surface area (Å²) in [5, 5.41) is 0. The summed E-state index contributed by atoms with van der Waals surface area (Å²) in [6, 6.07) is 6.98. The number of benzene rings is 1. The van der Waals surface area contributed by atoms with Gasteiger partial charge in [0, 0.05) is 19.2 Å². The van der Waals surface area contributed by atoms with E-state index in [4.69, 9.17) is 4.74 Å². The second kappa shape index (κ2) is 6.71. The van der Waals surface area contributed by atoms with Crippen LogP contribution in [0.5, 0.6) is 5.75 Å². The third-order valence-electron chi connectivity index (χ3n) is 6.79. The fraction of sp³-hybridized carbons (Fsp3) is 0.636. The highest BCUT2D eigenvalue weighted by molar-refractivity contribution is 5.94. The summed E-state index contributed by atoms with van der Waals surface area (Å²) in [7, 11) is 1.92. The van der Waals surface area contributed by atoms with Crippen LogP contribution in [0.25, 0.3) is 0 Å². The Morgan fingerprint density at radius 1 is 1.04 bits per heavy atom. The summed E-state index contributed by atoms with van der Waals surface area (Å²) in [5.74, 6) is 3.41. The van der Waals surface area contributed by atoms with Gasteiger partial charge in [0.05, 0.1) is 0 Å². The number of hydrogen-bond acceptors (Lipinski definition) is 3. The highest BCUT2D eigenvalue weighted by Gasteiger charge is 2.51. The molecule has 0 unspecified atom stereocenters. The van der Waals surface area contributed by atoms with Crippen molar-refractivity contribution in [1.82, 2.24) is 4.90 Å². The molecule has 0 radical (unpaired) electrons. The van der Waals surface area contributed by atoms with Crippen molar-refractivity contribution in [2.24, 2.45) is 23.2 Å². The first-order valence-electron chi connectivity index (χ1n) is 9.90. The molecule has 0 atom stereocenters. The maximum absolute atomic E-state index is 12.6. The van der Waals surface area contributed by atoms with Gasteiger partial charge in [0.1, 0.15) is 5.75 Å². The zero-order valence-corrected chi connectivity index (χ0v) is 15.9. The van der Waals surface area contributed by atoms with E-state index in [9.17, 15) is 9.59 Å². The van der Waals surface area contributed by atoms with Gasteiger partial charge in [-0.05, 0) is 92.9 Å². The molecule has 1 amide bonds. The molecular formula is C22H29NO3. The second-order valence-electron chi connectivity index (χ2n) is 9.04. The lowest BCUT2D eigenvalue weighted by molar-refractivity contribution is -0.137. The molecule has 4 aliphatic rings. The number of hydrogen-bond donors (Lipinski definition) is 0. The summed E-state index contributed by atoms with van der Waals surface area (Å²) < 4.78 is 5.64. The van der Waals surface area contributed by atoms with E-state index in [1.54, 1.807) is 31.2 Å². The fourth-order valence-electron chi connectivity index (χ4n) is 6.12. The van der Waals surface area contributed by atoms with E-state index < -0.39 is 0 Å². The quantitative estimate of drug-likeness (QED) is 0.726. The number of amides is 1. The molecule has 140 valence electrons. The Morgan fingerprint density at radius 3 is 2.08 bits per heavy atom. The molecule has 26 heavy (non-hydrogen) atoms. The molecule has 4 bridgehead atoms. The van der Waals surface area contributed by atoms with E-state index >= 15 is 0 Å². The van der Waals surface area contributed by atoms with Gasteiger partial charge in [-0.1, -0.05) is 0 Å². The van der Waals surface area contributed by atoms with Gasteiger partial charge in [0.15, 0.2) is 12.4 Å². The van der Waals surface area contributed by atoms with E-state index in [0.717, 1.165) is 24.3 Å². The zero-order valence-electron chi connectivity index (χ0n) is 15.9. The van der Waals surface area contributed by atoms with Gasteiger partial charge in [0.2, 0.25) is 0 Å². The van der Waals surface area contributed by atoms with Crippen molar-refractivity contribution in [3.8, 4) is 5.75 Å². The molecule has 0 heterocycles. The van der Waals surface area contributed by atoms with E-state index in [0.29, 0.717) is 16.7 Å². The number of rotatable bonds is 6. The smallest absolute Gasteiger partial charge is 0.260 e. The number of carbonyl (C=O) groups is 2. The summed E-state index contributed by atoms with van der Waals surface area (Å²) in [6.45, 7) is 2.48. The van der Waals surface area contributed by atoms with Gasteiger partial charge in [0.25, 0.3) is 5.91 Å². The van der Waals surface area contributed by atoms with Gasteiger partial charge in [-0.15, -0.1) is 0 Å². The summed E-state index contributed by atoms with van der Waals surface area (Å²) in [6.07, 6.45) is 8.21. The molecule has 0 aliphatic heterocycles. The van der Waals surface area contributed by atoms with Gasteiger partial charge in [-0.25, -0.2) is 0 Å². The van der Waals surface area contributed by atoms with Gasteiger partial charge >= 0.3 is 0 Å². The first-order valence-corrected chi connectivity index (χ1v) is 9.90. The maximum Gasteiger partial charge on any atom is 0.260 e. The van der Waals surface area contributed by atoms with Crippen LogP contribution in [0.3, 0.4) is 0 Å². The van der Waals surface area contributed by atoms with Gasteiger partial charge < -0.3 is 9.64 Å². The molecule has 1 aromatic carbocycles. The first kappa shape index (κ1) is 17.6. The topological polar surface area (TPSA) is 46.6 Å². The van der Waals surface area contributed by atoms with Crippen LogP contribution in [0.4, 0.5) is 0 Å². The Labute approximate surface area is 155 Å². The predicted molar refractivity (Wildman–Crippen MR) is 100 cm³/mol. The summed E-state index contributed by atoms with van der Waals surface area (Å²) in [4.78, 5) is 25.8. The Kier molecular flexibility index (Phi) is 4.54. The van der Waals surface area contributed by atoms with Crippen molar-refractivity contribution in [1.29, 1.82) is 0 Å². The maximum atomic E-state index is 12.6. The van der Waals surface area contributed by atoms with Crippen LogP contribution >= 0.6 is 0 Å². The zero-order chi connectivity index (χ0) is 18.3. The SMILES string of the molecule is CC(=O)c1ccc(OCC(=O)N(C)CC23CC4CC(CC(C4)C2)C3)cc1. The molecule has 0 aromatic heterocycles. The number of Topliss-reactive ketones (excluding diaryl/α,β-unsaturated/α-hetero) is 1. The van der Waals surface area contributed by atoms with Crippen LogP contribution in [0.15, 0.2) is 24.3 Å². The van der Waals surface area contributed by atoms with Gasteiger partial charge in [-0.3, -0.25) is 9.59 Å². The third-order valence-corrected chi connectivity index (χ3v) is 6.79. The van der Waals surface area contributed by atoms with Crippen molar-refractivity contribution in [3.63, 3.8) is 0 Å². The van der Waals surface area contributed by atoms with E-state index in [1.165, 1.54) is 38.5 Å². The lowest BCUT2D eigenvalue weighted by Crippen LogP contribution is -2.51. The average molecular weight is 355 g/mol. The van der Waals surface area contributed by atoms with E-state index in [-0.39, 0.29) is 18.3 Å². The predicted octanol–water partition coefficient (Wildman–Crippen LogP) is 3.94. The molecule has 4 fully saturated rings. The molecule has 0 N–H and O–H groups in total. The third kappa shape index (κ3) is 3.51. The number of ether oxygens (including phenoxy) is 1. The molecule has 5 rings (SSSR count). The minimum Gasteiger partial charge on any atom is -0.484 e. The van der Waals surface area contributed by atoms with Crippen LogP contribution in [-0.4, -0.2) is 36.8 Å². The average Bonchev–Trinajstić information content (AvgIpc) is 2.58. The van der Waals surface area contributed by atoms with Crippen LogP contribution in [0.2, 0.25) is 0 Å².